The lowest BCUT2D eigenvalue weighted by molar-refractivity contribution is 0.269. The number of rotatable bonds is 4. The minimum Gasteiger partial charge on any atom is -0.493 e. The highest BCUT2D eigenvalue weighted by atomic mass is 16.5. The van der Waals surface area contributed by atoms with Gasteiger partial charge in [-0.3, -0.25) is 0 Å². The highest BCUT2D eigenvalue weighted by Gasteiger charge is 2.01. The average Bonchev–Trinajstić information content (AvgIpc) is 2.15. The second-order valence-electron chi connectivity index (χ2n) is 4.01. The fourth-order valence-corrected chi connectivity index (χ4v) is 1.26. The van der Waals surface area contributed by atoms with E-state index in [1.807, 2.05) is 12.1 Å². The highest BCUT2D eigenvalue weighted by molar-refractivity contribution is 5.36. The van der Waals surface area contributed by atoms with Crippen LogP contribution in [0.25, 0.3) is 0 Å². The number of aryl methyl sites for hydroxylation is 1. The van der Waals surface area contributed by atoms with Crippen LogP contribution in [-0.4, -0.2) is 6.61 Å². The second kappa shape index (κ2) is 5.01. The molecule has 78 valence electrons. The Bertz CT molecular complexity index is 294. The fraction of sp³-hybridized carbons (Fsp3) is 0.500. The van der Waals surface area contributed by atoms with Crippen molar-refractivity contribution in [1.82, 2.24) is 0 Å². The first-order valence-corrected chi connectivity index (χ1v) is 5.06. The van der Waals surface area contributed by atoms with Gasteiger partial charge in [-0.15, -0.1) is 0 Å². The van der Waals surface area contributed by atoms with Gasteiger partial charge < -0.3 is 10.5 Å². The van der Waals surface area contributed by atoms with Crippen LogP contribution in [0.15, 0.2) is 18.2 Å². The number of hydrogen-bond donors (Lipinski definition) is 1. The highest BCUT2D eigenvalue weighted by Crippen LogP contribution is 2.19. The third-order valence-electron chi connectivity index (χ3n) is 2.05. The van der Waals surface area contributed by atoms with Gasteiger partial charge in [0.05, 0.1) is 6.61 Å². The molecule has 0 spiro atoms. The van der Waals surface area contributed by atoms with Gasteiger partial charge in [0.15, 0.2) is 0 Å². The summed E-state index contributed by atoms with van der Waals surface area (Å²) >= 11 is 0. The van der Waals surface area contributed by atoms with Crippen LogP contribution in [0, 0.1) is 12.8 Å². The van der Waals surface area contributed by atoms with Crippen LogP contribution in [0.3, 0.4) is 0 Å². The second-order valence-corrected chi connectivity index (χ2v) is 4.01. The Balaban J connectivity index is 2.69. The normalized spacial score (nSPS) is 10.6. The van der Waals surface area contributed by atoms with Crippen molar-refractivity contribution < 1.29 is 4.74 Å². The van der Waals surface area contributed by atoms with Gasteiger partial charge in [0.25, 0.3) is 0 Å². The lowest BCUT2D eigenvalue weighted by atomic mass is 10.1. The standard InChI is InChI=1S/C12H19NO/c1-9(2)8-14-12-5-4-11(7-13)6-10(12)3/h4-6,9H,7-8,13H2,1-3H3. The van der Waals surface area contributed by atoms with Crippen molar-refractivity contribution in [3.05, 3.63) is 29.3 Å². The molecule has 1 rings (SSSR count). The van der Waals surface area contributed by atoms with Gasteiger partial charge in [-0.25, -0.2) is 0 Å². The molecule has 0 saturated heterocycles. The van der Waals surface area contributed by atoms with E-state index in [1.54, 1.807) is 0 Å². The predicted octanol–water partition coefficient (Wildman–Crippen LogP) is 2.49. The summed E-state index contributed by atoms with van der Waals surface area (Å²) in [4.78, 5) is 0. The van der Waals surface area contributed by atoms with E-state index in [0.717, 1.165) is 23.5 Å². The maximum absolute atomic E-state index is 5.66. The minimum absolute atomic E-state index is 0.559. The molecule has 14 heavy (non-hydrogen) atoms. The Hall–Kier alpha value is -1.02. The van der Waals surface area contributed by atoms with Crippen LogP contribution in [-0.2, 0) is 6.54 Å². The molecule has 0 fully saturated rings. The Morgan fingerprint density at radius 3 is 2.57 bits per heavy atom. The minimum atomic E-state index is 0.559. The predicted molar refractivity (Wildman–Crippen MR) is 59.4 cm³/mol. The van der Waals surface area contributed by atoms with E-state index in [2.05, 4.69) is 26.8 Å². The van der Waals surface area contributed by atoms with E-state index in [4.69, 9.17) is 10.5 Å². The first-order valence-electron chi connectivity index (χ1n) is 5.06. The summed E-state index contributed by atoms with van der Waals surface area (Å²) in [6, 6.07) is 6.10. The number of hydrogen-bond acceptors (Lipinski definition) is 2. The first-order chi connectivity index (χ1) is 6.63. The molecule has 0 aliphatic heterocycles. The smallest absolute Gasteiger partial charge is 0.122 e. The molecule has 0 saturated carbocycles. The molecule has 0 heterocycles. The van der Waals surface area contributed by atoms with Gasteiger partial charge in [0, 0.05) is 6.54 Å². The molecule has 0 aliphatic rings. The molecule has 2 N–H and O–H groups in total. The van der Waals surface area contributed by atoms with Crippen LogP contribution in [0.2, 0.25) is 0 Å². The van der Waals surface area contributed by atoms with Crippen molar-refractivity contribution in [1.29, 1.82) is 0 Å². The van der Waals surface area contributed by atoms with Crippen molar-refractivity contribution in [3.8, 4) is 5.75 Å². The molecule has 2 heteroatoms. The summed E-state index contributed by atoms with van der Waals surface area (Å²) in [6.07, 6.45) is 0. The van der Waals surface area contributed by atoms with E-state index in [-0.39, 0.29) is 0 Å². The number of ether oxygens (including phenoxy) is 1. The molecule has 2 nitrogen and oxygen atoms in total. The van der Waals surface area contributed by atoms with Gasteiger partial charge in [-0.2, -0.15) is 0 Å². The quantitative estimate of drug-likeness (QED) is 0.797. The maximum Gasteiger partial charge on any atom is 0.122 e. The Labute approximate surface area is 86.1 Å². The van der Waals surface area contributed by atoms with Gasteiger partial charge >= 0.3 is 0 Å². The summed E-state index contributed by atoms with van der Waals surface area (Å²) in [7, 11) is 0. The topological polar surface area (TPSA) is 35.2 Å². The zero-order valence-electron chi connectivity index (χ0n) is 9.21. The summed E-state index contributed by atoms with van der Waals surface area (Å²) in [6.45, 7) is 7.69. The monoisotopic (exact) mass is 193 g/mol. The van der Waals surface area contributed by atoms with Crippen molar-refractivity contribution in [2.45, 2.75) is 27.3 Å². The molecule has 0 aliphatic carbocycles. The first kappa shape index (κ1) is 11.1. The van der Waals surface area contributed by atoms with E-state index in [0.29, 0.717) is 12.5 Å². The van der Waals surface area contributed by atoms with E-state index < -0.39 is 0 Å². The van der Waals surface area contributed by atoms with Crippen LogP contribution < -0.4 is 10.5 Å². The fourth-order valence-electron chi connectivity index (χ4n) is 1.26. The molecule has 0 aromatic heterocycles. The zero-order chi connectivity index (χ0) is 10.6. The molecule has 0 atom stereocenters. The van der Waals surface area contributed by atoms with Crippen LogP contribution >= 0.6 is 0 Å². The third-order valence-corrected chi connectivity index (χ3v) is 2.05. The summed E-state index contributed by atoms with van der Waals surface area (Å²) in [5, 5.41) is 0. The average molecular weight is 193 g/mol. The van der Waals surface area contributed by atoms with Gasteiger partial charge in [0.2, 0.25) is 0 Å². The number of benzene rings is 1. The lowest BCUT2D eigenvalue weighted by Crippen LogP contribution is -2.06. The molecule has 0 radical (unpaired) electrons. The van der Waals surface area contributed by atoms with Gasteiger partial charge in [-0.05, 0) is 30.0 Å². The van der Waals surface area contributed by atoms with E-state index in [9.17, 15) is 0 Å². The lowest BCUT2D eigenvalue weighted by Gasteiger charge is -2.11. The van der Waals surface area contributed by atoms with Crippen LogP contribution in [0.5, 0.6) is 5.75 Å². The summed E-state index contributed by atoms with van der Waals surface area (Å²) in [5.74, 6) is 1.53. The largest absolute Gasteiger partial charge is 0.493 e. The van der Waals surface area contributed by atoms with E-state index >= 15 is 0 Å². The maximum atomic E-state index is 5.66. The zero-order valence-corrected chi connectivity index (χ0v) is 9.21. The van der Waals surface area contributed by atoms with Gasteiger partial charge in [-0.1, -0.05) is 26.0 Å². The number of nitrogens with two attached hydrogens (primary N) is 1. The summed E-state index contributed by atoms with van der Waals surface area (Å²) < 4.78 is 5.66. The summed E-state index contributed by atoms with van der Waals surface area (Å²) in [5.41, 5.74) is 7.86. The van der Waals surface area contributed by atoms with Crippen molar-refractivity contribution >= 4 is 0 Å². The SMILES string of the molecule is Cc1cc(CN)ccc1OCC(C)C. The molecule has 0 amide bonds. The Morgan fingerprint density at radius 1 is 1.36 bits per heavy atom. The van der Waals surface area contributed by atoms with E-state index in [1.165, 1.54) is 0 Å². The molecule has 1 aromatic rings. The Kier molecular flexibility index (Phi) is 3.96. The van der Waals surface area contributed by atoms with Crippen LogP contribution in [0.1, 0.15) is 25.0 Å². The molecular formula is C12H19NO. The van der Waals surface area contributed by atoms with Gasteiger partial charge in [0.1, 0.15) is 5.75 Å². The molecule has 0 bridgehead atoms. The Morgan fingerprint density at radius 2 is 2.07 bits per heavy atom. The third kappa shape index (κ3) is 3.04. The van der Waals surface area contributed by atoms with Crippen LogP contribution in [0.4, 0.5) is 0 Å². The molecular weight excluding hydrogens is 174 g/mol. The van der Waals surface area contributed by atoms with Crippen molar-refractivity contribution in [3.63, 3.8) is 0 Å². The molecule has 0 unspecified atom stereocenters. The molecule has 1 aromatic carbocycles. The van der Waals surface area contributed by atoms with Crippen molar-refractivity contribution in [2.75, 3.05) is 6.61 Å². The van der Waals surface area contributed by atoms with Crippen molar-refractivity contribution in [2.24, 2.45) is 11.7 Å².